The summed E-state index contributed by atoms with van der Waals surface area (Å²) in [6, 6.07) is 4.89. The van der Waals surface area contributed by atoms with Gasteiger partial charge in [-0.3, -0.25) is 10.1 Å². The van der Waals surface area contributed by atoms with Crippen LogP contribution in [0.1, 0.15) is 38.1 Å². The van der Waals surface area contributed by atoms with Gasteiger partial charge in [-0.25, -0.2) is 4.79 Å². The van der Waals surface area contributed by atoms with Gasteiger partial charge in [-0.2, -0.15) is 0 Å². The molecule has 0 fully saturated rings. The zero-order valence-corrected chi connectivity index (χ0v) is 12.8. The Morgan fingerprint density at radius 3 is 2.62 bits per heavy atom. The summed E-state index contributed by atoms with van der Waals surface area (Å²) >= 11 is 0. The Morgan fingerprint density at radius 2 is 2.05 bits per heavy atom. The molecule has 1 N–H and O–H groups in total. The first-order chi connectivity index (χ1) is 9.87. The molecule has 1 rings (SSSR count). The molecular formula is C15H21NO5. The van der Waals surface area contributed by atoms with Gasteiger partial charge in [0.25, 0.3) is 0 Å². The van der Waals surface area contributed by atoms with E-state index in [9.17, 15) is 9.59 Å². The summed E-state index contributed by atoms with van der Waals surface area (Å²) in [5.41, 5.74) is -0.0505. The quantitative estimate of drug-likeness (QED) is 0.495. The van der Waals surface area contributed by atoms with E-state index in [1.807, 2.05) is 6.92 Å². The summed E-state index contributed by atoms with van der Waals surface area (Å²) in [6.07, 6.45) is -0.0129. The number of carbonyl (C=O) groups is 2. The van der Waals surface area contributed by atoms with Crippen molar-refractivity contribution in [2.75, 3.05) is 18.7 Å². The minimum Gasteiger partial charge on any atom is -0.467 e. The van der Waals surface area contributed by atoms with E-state index < -0.39 is 11.7 Å². The maximum Gasteiger partial charge on any atom is 0.412 e. The van der Waals surface area contributed by atoms with Crippen LogP contribution in [0.2, 0.25) is 0 Å². The Morgan fingerprint density at radius 1 is 1.33 bits per heavy atom. The van der Waals surface area contributed by atoms with Gasteiger partial charge in [-0.15, -0.1) is 0 Å². The number of anilines is 1. The second-order valence-electron chi connectivity index (χ2n) is 5.22. The van der Waals surface area contributed by atoms with Gasteiger partial charge in [0.15, 0.2) is 13.1 Å². The molecule has 6 heteroatoms. The largest absolute Gasteiger partial charge is 0.467 e. The standard InChI is InChI=1S/C15H21NO5/c1-5-19-10-20-13-8-6-7-12(11(13)9-17)16-14(18)21-15(2,3)4/h6-9H,5,10H2,1-4H3,(H,16,18). The first-order valence-electron chi connectivity index (χ1n) is 6.66. The first kappa shape index (κ1) is 17.0. The molecule has 1 aromatic carbocycles. The minimum atomic E-state index is -0.632. The van der Waals surface area contributed by atoms with Crippen LogP contribution in [0.15, 0.2) is 18.2 Å². The predicted molar refractivity (Wildman–Crippen MR) is 78.8 cm³/mol. The van der Waals surface area contributed by atoms with Gasteiger partial charge in [0, 0.05) is 6.61 Å². The Hall–Kier alpha value is -2.08. The highest BCUT2D eigenvalue weighted by Crippen LogP contribution is 2.25. The van der Waals surface area contributed by atoms with E-state index in [2.05, 4.69) is 5.32 Å². The van der Waals surface area contributed by atoms with Crippen LogP contribution in [-0.4, -0.2) is 31.4 Å². The number of amides is 1. The molecule has 21 heavy (non-hydrogen) atoms. The third-order valence-electron chi connectivity index (χ3n) is 2.32. The van der Waals surface area contributed by atoms with E-state index in [0.717, 1.165) is 0 Å². The van der Waals surface area contributed by atoms with Gasteiger partial charge in [0.05, 0.1) is 11.3 Å². The number of rotatable bonds is 6. The van der Waals surface area contributed by atoms with Crippen molar-refractivity contribution in [3.63, 3.8) is 0 Å². The molecule has 0 saturated heterocycles. The van der Waals surface area contributed by atoms with Crippen molar-refractivity contribution < 1.29 is 23.8 Å². The zero-order valence-electron chi connectivity index (χ0n) is 12.8. The van der Waals surface area contributed by atoms with Crippen molar-refractivity contribution in [2.45, 2.75) is 33.3 Å². The molecule has 0 spiro atoms. The van der Waals surface area contributed by atoms with Crippen molar-refractivity contribution in [1.82, 2.24) is 0 Å². The van der Waals surface area contributed by atoms with Crippen LogP contribution in [0.5, 0.6) is 5.75 Å². The van der Waals surface area contributed by atoms with E-state index in [0.29, 0.717) is 24.3 Å². The highest BCUT2D eigenvalue weighted by Gasteiger charge is 2.18. The fourth-order valence-corrected chi connectivity index (χ4v) is 1.50. The second-order valence-corrected chi connectivity index (χ2v) is 5.22. The number of hydrogen-bond donors (Lipinski definition) is 1. The number of hydrogen-bond acceptors (Lipinski definition) is 5. The monoisotopic (exact) mass is 295 g/mol. The van der Waals surface area contributed by atoms with Gasteiger partial charge in [0.1, 0.15) is 11.4 Å². The van der Waals surface area contributed by atoms with Crippen LogP contribution in [0, 0.1) is 0 Å². The molecule has 0 aliphatic rings. The highest BCUT2D eigenvalue weighted by atomic mass is 16.7. The lowest BCUT2D eigenvalue weighted by molar-refractivity contribution is 0.0221. The van der Waals surface area contributed by atoms with Crippen LogP contribution < -0.4 is 10.1 Å². The van der Waals surface area contributed by atoms with Crippen molar-refractivity contribution in [3.05, 3.63) is 23.8 Å². The average Bonchev–Trinajstić information content (AvgIpc) is 2.37. The third kappa shape index (κ3) is 5.83. The smallest absolute Gasteiger partial charge is 0.412 e. The summed E-state index contributed by atoms with van der Waals surface area (Å²) < 4.78 is 15.6. The summed E-state index contributed by atoms with van der Waals surface area (Å²) in [5, 5.41) is 2.54. The predicted octanol–water partition coefficient (Wildman–Crippen LogP) is 3.22. The summed E-state index contributed by atoms with van der Waals surface area (Å²) in [7, 11) is 0. The maximum atomic E-state index is 11.8. The molecule has 1 aromatic rings. The third-order valence-corrected chi connectivity index (χ3v) is 2.32. The molecule has 0 bridgehead atoms. The number of carbonyl (C=O) groups excluding carboxylic acids is 2. The minimum absolute atomic E-state index is 0.0350. The average molecular weight is 295 g/mol. The van der Waals surface area contributed by atoms with Gasteiger partial charge < -0.3 is 14.2 Å². The number of aldehydes is 1. The normalized spacial score (nSPS) is 10.9. The Bertz CT molecular complexity index is 493. The Kier molecular flexibility index (Phi) is 6.17. The molecule has 0 unspecified atom stereocenters. The first-order valence-corrected chi connectivity index (χ1v) is 6.66. The molecular weight excluding hydrogens is 274 g/mol. The summed E-state index contributed by atoms with van der Waals surface area (Å²) in [5.74, 6) is 0.340. The topological polar surface area (TPSA) is 73.9 Å². The van der Waals surface area contributed by atoms with Crippen LogP contribution in [0.4, 0.5) is 10.5 Å². The van der Waals surface area contributed by atoms with Crippen molar-refractivity contribution in [3.8, 4) is 5.75 Å². The van der Waals surface area contributed by atoms with E-state index in [-0.39, 0.29) is 12.4 Å². The van der Waals surface area contributed by atoms with Crippen molar-refractivity contribution in [1.29, 1.82) is 0 Å². The van der Waals surface area contributed by atoms with Crippen molar-refractivity contribution in [2.24, 2.45) is 0 Å². The van der Waals surface area contributed by atoms with Crippen LogP contribution in [0.3, 0.4) is 0 Å². The molecule has 6 nitrogen and oxygen atoms in total. The molecule has 0 aliphatic carbocycles. The maximum absolute atomic E-state index is 11.8. The van der Waals surface area contributed by atoms with E-state index in [1.165, 1.54) is 0 Å². The molecule has 0 heterocycles. The Balaban J connectivity index is 2.84. The fraction of sp³-hybridized carbons (Fsp3) is 0.467. The van der Waals surface area contributed by atoms with Gasteiger partial charge in [0.2, 0.25) is 0 Å². The van der Waals surface area contributed by atoms with E-state index in [4.69, 9.17) is 14.2 Å². The molecule has 116 valence electrons. The molecule has 0 saturated carbocycles. The van der Waals surface area contributed by atoms with Crippen LogP contribution in [-0.2, 0) is 9.47 Å². The van der Waals surface area contributed by atoms with Crippen molar-refractivity contribution >= 4 is 18.1 Å². The summed E-state index contributed by atoms with van der Waals surface area (Å²) in [6.45, 7) is 7.66. The second kappa shape index (κ2) is 7.64. The van der Waals surface area contributed by atoms with Gasteiger partial charge in [-0.1, -0.05) is 6.07 Å². The lowest BCUT2D eigenvalue weighted by Crippen LogP contribution is -2.27. The van der Waals surface area contributed by atoms with E-state index >= 15 is 0 Å². The molecule has 0 radical (unpaired) electrons. The fourth-order valence-electron chi connectivity index (χ4n) is 1.50. The highest BCUT2D eigenvalue weighted by molar-refractivity contribution is 5.95. The van der Waals surface area contributed by atoms with Gasteiger partial charge >= 0.3 is 6.09 Å². The number of benzene rings is 1. The zero-order chi connectivity index (χ0) is 15.9. The number of ether oxygens (including phenoxy) is 3. The molecule has 0 aromatic heterocycles. The lowest BCUT2D eigenvalue weighted by atomic mass is 10.1. The Labute approximate surface area is 124 Å². The summed E-state index contributed by atoms with van der Waals surface area (Å²) in [4.78, 5) is 23.0. The lowest BCUT2D eigenvalue weighted by Gasteiger charge is -2.20. The molecule has 0 aliphatic heterocycles. The van der Waals surface area contributed by atoms with Crippen LogP contribution in [0.25, 0.3) is 0 Å². The molecule has 0 atom stereocenters. The SMILES string of the molecule is CCOCOc1cccc(NC(=O)OC(C)(C)C)c1C=O. The number of nitrogens with one attached hydrogen (secondary N) is 1. The molecule has 1 amide bonds. The van der Waals surface area contributed by atoms with E-state index in [1.54, 1.807) is 39.0 Å². The van der Waals surface area contributed by atoms with Crippen LogP contribution >= 0.6 is 0 Å². The van der Waals surface area contributed by atoms with Gasteiger partial charge in [-0.05, 0) is 39.8 Å².